The van der Waals surface area contributed by atoms with E-state index in [2.05, 4.69) is 10.6 Å². The van der Waals surface area contributed by atoms with Crippen molar-refractivity contribution in [2.75, 3.05) is 11.9 Å². The molecule has 2 aromatic carbocycles. The number of hydrogen-bond acceptors (Lipinski definition) is 2. The zero-order valence-corrected chi connectivity index (χ0v) is 12.0. The highest BCUT2D eigenvalue weighted by molar-refractivity contribution is 5.99. The van der Waals surface area contributed by atoms with E-state index in [9.17, 15) is 9.18 Å². The largest absolute Gasteiger partial charge is 0.382 e. The SMILES string of the molecule is CCCNc1c(F)cccc1C(=O)NCc1ccccc1. The zero-order valence-electron chi connectivity index (χ0n) is 12.0. The van der Waals surface area contributed by atoms with Crippen LogP contribution < -0.4 is 10.6 Å². The summed E-state index contributed by atoms with van der Waals surface area (Å²) in [7, 11) is 0. The Balaban J connectivity index is 2.09. The van der Waals surface area contributed by atoms with E-state index in [4.69, 9.17) is 0 Å². The van der Waals surface area contributed by atoms with Gasteiger partial charge in [0.25, 0.3) is 5.91 Å². The molecule has 0 fully saturated rings. The standard InChI is InChI=1S/C17H19FN2O/c1-2-11-19-16-14(9-6-10-15(16)18)17(21)20-12-13-7-4-3-5-8-13/h3-10,19H,2,11-12H2,1H3,(H,20,21). The molecule has 110 valence electrons. The molecule has 0 aromatic heterocycles. The molecule has 2 aromatic rings. The molecule has 2 rings (SSSR count). The van der Waals surface area contributed by atoms with Gasteiger partial charge in [0.1, 0.15) is 5.82 Å². The van der Waals surface area contributed by atoms with Gasteiger partial charge in [-0.05, 0) is 24.1 Å². The Hall–Kier alpha value is -2.36. The third-order valence-electron chi connectivity index (χ3n) is 3.11. The fourth-order valence-corrected chi connectivity index (χ4v) is 2.02. The van der Waals surface area contributed by atoms with Crippen molar-refractivity contribution in [1.29, 1.82) is 0 Å². The quantitative estimate of drug-likeness (QED) is 0.852. The summed E-state index contributed by atoms with van der Waals surface area (Å²) in [5, 5.41) is 5.79. The molecule has 21 heavy (non-hydrogen) atoms. The predicted molar refractivity (Wildman–Crippen MR) is 82.8 cm³/mol. The van der Waals surface area contributed by atoms with Gasteiger partial charge < -0.3 is 10.6 Å². The monoisotopic (exact) mass is 286 g/mol. The molecule has 1 amide bonds. The third-order valence-corrected chi connectivity index (χ3v) is 3.11. The number of amides is 1. The number of carbonyl (C=O) groups excluding carboxylic acids is 1. The van der Waals surface area contributed by atoms with Gasteiger partial charge in [-0.15, -0.1) is 0 Å². The van der Waals surface area contributed by atoms with Crippen LogP contribution in [0.25, 0.3) is 0 Å². The van der Waals surface area contributed by atoms with Gasteiger partial charge in [0.15, 0.2) is 0 Å². The number of nitrogens with one attached hydrogen (secondary N) is 2. The first-order valence-electron chi connectivity index (χ1n) is 7.07. The molecule has 0 aliphatic rings. The van der Waals surface area contributed by atoms with Gasteiger partial charge >= 0.3 is 0 Å². The molecule has 0 bridgehead atoms. The van der Waals surface area contributed by atoms with Gasteiger partial charge in [-0.2, -0.15) is 0 Å². The summed E-state index contributed by atoms with van der Waals surface area (Å²) in [6, 6.07) is 14.1. The molecule has 3 nitrogen and oxygen atoms in total. The minimum Gasteiger partial charge on any atom is -0.382 e. The highest BCUT2D eigenvalue weighted by atomic mass is 19.1. The molecular formula is C17H19FN2O. The van der Waals surface area contributed by atoms with E-state index in [0.29, 0.717) is 18.7 Å². The van der Waals surface area contributed by atoms with E-state index in [0.717, 1.165) is 12.0 Å². The van der Waals surface area contributed by atoms with E-state index in [-0.39, 0.29) is 11.6 Å². The lowest BCUT2D eigenvalue weighted by molar-refractivity contribution is 0.0951. The van der Waals surface area contributed by atoms with Crippen molar-refractivity contribution in [3.8, 4) is 0 Å². The van der Waals surface area contributed by atoms with Gasteiger partial charge in [0.2, 0.25) is 0 Å². The minimum absolute atomic E-state index is 0.268. The Morgan fingerprint density at radius 1 is 1.10 bits per heavy atom. The summed E-state index contributed by atoms with van der Waals surface area (Å²) in [6.45, 7) is 3.03. The lowest BCUT2D eigenvalue weighted by Crippen LogP contribution is -2.24. The maximum absolute atomic E-state index is 13.9. The van der Waals surface area contributed by atoms with Crippen LogP contribution in [0.2, 0.25) is 0 Å². The Morgan fingerprint density at radius 3 is 2.57 bits per heavy atom. The summed E-state index contributed by atoms with van der Waals surface area (Å²) >= 11 is 0. The van der Waals surface area contributed by atoms with Crippen molar-refractivity contribution in [2.45, 2.75) is 19.9 Å². The van der Waals surface area contributed by atoms with Gasteiger partial charge in [-0.1, -0.05) is 43.3 Å². The van der Waals surface area contributed by atoms with Gasteiger partial charge in [0, 0.05) is 13.1 Å². The second-order valence-electron chi connectivity index (χ2n) is 4.76. The van der Waals surface area contributed by atoms with Crippen LogP contribution in [0, 0.1) is 5.82 Å². The van der Waals surface area contributed by atoms with Gasteiger partial charge in [-0.25, -0.2) is 4.39 Å². The molecule has 0 spiro atoms. The molecule has 0 radical (unpaired) electrons. The maximum atomic E-state index is 13.9. The fraction of sp³-hybridized carbons (Fsp3) is 0.235. The Bertz CT molecular complexity index is 599. The van der Waals surface area contributed by atoms with Crippen LogP contribution in [-0.2, 0) is 6.54 Å². The van der Waals surface area contributed by atoms with Crippen LogP contribution in [0.15, 0.2) is 48.5 Å². The summed E-state index contributed by atoms with van der Waals surface area (Å²) in [5.74, 6) is -0.687. The fourth-order valence-electron chi connectivity index (χ4n) is 2.02. The summed E-state index contributed by atoms with van der Waals surface area (Å²) in [4.78, 5) is 12.2. The van der Waals surface area contributed by atoms with Crippen LogP contribution in [0.3, 0.4) is 0 Å². The second kappa shape index (κ2) is 7.43. The molecule has 0 saturated carbocycles. The number of halogens is 1. The number of rotatable bonds is 6. The van der Waals surface area contributed by atoms with Crippen molar-refractivity contribution in [1.82, 2.24) is 5.32 Å². The Labute approximate surface area is 124 Å². The van der Waals surface area contributed by atoms with Crippen molar-refractivity contribution in [3.63, 3.8) is 0 Å². The van der Waals surface area contributed by atoms with Crippen LogP contribution in [0.5, 0.6) is 0 Å². The molecular weight excluding hydrogens is 267 g/mol. The molecule has 0 aliphatic carbocycles. The van der Waals surface area contributed by atoms with E-state index in [1.54, 1.807) is 12.1 Å². The van der Waals surface area contributed by atoms with Crippen molar-refractivity contribution >= 4 is 11.6 Å². The molecule has 0 saturated heterocycles. The highest BCUT2D eigenvalue weighted by Crippen LogP contribution is 2.20. The number of benzene rings is 2. The number of carbonyl (C=O) groups is 1. The third kappa shape index (κ3) is 4.05. The smallest absolute Gasteiger partial charge is 0.253 e. The number of para-hydroxylation sites is 1. The first kappa shape index (κ1) is 15.0. The summed E-state index contributed by atoms with van der Waals surface area (Å²) in [6.07, 6.45) is 0.861. The molecule has 0 atom stereocenters. The second-order valence-corrected chi connectivity index (χ2v) is 4.76. The van der Waals surface area contributed by atoms with Crippen molar-refractivity contribution in [2.24, 2.45) is 0 Å². The lowest BCUT2D eigenvalue weighted by Gasteiger charge is -2.12. The van der Waals surface area contributed by atoms with Crippen molar-refractivity contribution < 1.29 is 9.18 Å². The minimum atomic E-state index is -0.407. The van der Waals surface area contributed by atoms with Crippen molar-refractivity contribution in [3.05, 3.63) is 65.5 Å². The topological polar surface area (TPSA) is 41.1 Å². The average molecular weight is 286 g/mol. The van der Waals surface area contributed by atoms with Crippen LogP contribution in [0.1, 0.15) is 29.3 Å². The molecule has 0 aliphatic heterocycles. The molecule has 4 heteroatoms. The van der Waals surface area contributed by atoms with Gasteiger partial charge in [0.05, 0.1) is 11.3 Å². The summed E-state index contributed by atoms with van der Waals surface area (Å²) in [5.41, 5.74) is 1.61. The first-order valence-corrected chi connectivity index (χ1v) is 7.07. The molecule has 2 N–H and O–H groups in total. The van der Waals surface area contributed by atoms with E-state index < -0.39 is 5.82 Å². The van der Waals surface area contributed by atoms with Crippen LogP contribution in [-0.4, -0.2) is 12.5 Å². The molecule has 0 heterocycles. The van der Waals surface area contributed by atoms with Gasteiger partial charge in [-0.3, -0.25) is 4.79 Å². The van der Waals surface area contributed by atoms with E-state index in [1.165, 1.54) is 6.07 Å². The maximum Gasteiger partial charge on any atom is 0.253 e. The Kier molecular flexibility index (Phi) is 5.32. The first-order chi connectivity index (χ1) is 10.2. The highest BCUT2D eigenvalue weighted by Gasteiger charge is 2.14. The van der Waals surface area contributed by atoms with E-state index in [1.807, 2.05) is 37.3 Å². The number of anilines is 1. The zero-order chi connectivity index (χ0) is 15.1. The lowest BCUT2D eigenvalue weighted by atomic mass is 10.1. The Morgan fingerprint density at radius 2 is 1.86 bits per heavy atom. The summed E-state index contributed by atoms with van der Waals surface area (Å²) < 4.78 is 13.9. The van der Waals surface area contributed by atoms with Crippen LogP contribution in [0.4, 0.5) is 10.1 Å². The van der Waals surface area contributed by atoms with E-state index >= 15 is 0 Å². The predicted octanol–water partition coefficient (Wildman–Crippen LogP) is 3.58. The average Bonchev–Trinajstić information content (AvgIpc) is 2.52. The van der Waals surface area contributed by atoms with Crippen LogP contribution >= 0.6 is 0 Å². The molecule has 0 unspecified atom stereocenters. The normalized spacial score (nSPS) is 10.2. The number of hydrogen-bond donors (Lipinski definition) is 2.